The third-order valence-electron chi connectivity index (χ3n) is 6.21. The zero-order valence-corrected chi connectivity index (χ0v) is 20.8. The summed E-state index contributed by atoms with van der Waals surface area (Å²) in [6.07, 6.45) is 0. The van der Waals surface area contributed by atoms with Crippen LogP contribution in [0.4, 0.5) is 17.1 Å². The van der Waals surface area contributed by atoms with Crippen LogP contribution >= 0.6 is 0 Å². The average Bonchev–Trinajstić information content (AvgIpc) is 2.95. The molecule has 42 heavy (non-hydrogen) atoms. The highest BCUT2D eigenvalue weighted by molar-refractivity contribution is 5.96. The Kier molecular flexibility index (Phi) is 7.42. The molecule has 0 atom stereocenters. The van der Waals surface area contributed by atoms with Crippen LogP contribution in [-0.4, -0.2) is 48.0 Å². The first-order valence-corrected chi connectivity index (χ1v) is 11.5. The molecule has 0 bridgehead atoms. The molecule has 0 saturated heterocycles. The summed E-state index contributed by atoms with van der Waals surface area (Å²) in [4.78, 5) is 66.5. The van der Waals surface area contributed by atoms with Gasteiger partial charge in [-0.05, 0) is 69.8 Å². The minimum Gasteiger partial charge on any atom is -0.477 e. The van der Waals surface area contributed by atoms with Crippen molar-refractivity contribution in [2.45, 2.75) is 0 Å². The number of hydrogen-bond acceptors (Lipinski definition) is 9. The number of carboxylic acids is 3. The molecule has 0 heterocycles. The molecular formula is C27H15N3O12. The summed E-state index contributed by atoms with van der Waals surface area (Å²) in [5.74, 6) is -4.63. The van der Waals surface area contributed by atoms with Crippen molar-refractivity contribution in [3.8, 4) is 33.4 Å². The van der Waals surface area contributed by atoms with Crippen molar-refractivity contribution in [2.24, 2.45) is 0 Å². The van der Waals surface area contributed by atoms with Crippen molar-refractivity contribution in [1.82, 2.24) is 0 Å². The predicted octanol–water partition coefficient (Wildman–Crippen LogP) is 5.51. The highest BCUT2D eigenvalue weighted by atomic mass is 16.6. The Morgan fingerprint density at radius 1 is 0.429 bits per heavy atom. The molecule has 0 aliphatic heterocycles. The Labute approximate surface area is 233 Å². The minimum absolute atomic E-state index is 0.142. The molecule has 4 aromatic carbocycles. The fourth-order valence-corrected chi connectivity index (χ4v) is 4.26. The number of nitro groups is 3. The van der Waals surface area contributed by atoms with E-state index in [1.807, 2.05) is 0 Å². The van der Waals surface area contributed by atoms with Crippen molar-refractivity contribution >= 4 is 35.0 Å². The van der Waals surface area contributed by atoms with Crippen LogP contribution in [0.5, 0.6) is 0 Å². The van der Waals surface area contributed by atoms with E-state index < -0.39 is 66.4 Å². The van der Waals surface area contributed by atoms with E-state index in [0.29, 0.717) is 0 Å². The molecule has 0 unspecified atom stereocenters. The summed E-state index contributed by atoms with van der Waals surface area (Å²) in [5, 5.41) is 62.7. The number of benzene rings is 4. The van der Waals surface area contributed by atoms with Crippen molar-refractivity contribution < 1.29 is 44.5 Å². The smallest absolute Gasteiger partial charge is 0.342 e. The maximum absolute atomic E-state index is 11.6. The summed E-state index contributed by atoms with van der Waals surface area (Å²) >= 11 is 0. The van der Waals surface area contributed by atoms with Crippen LogP contribution in [0.3, 0.4) is 0 Å². The van der Waals surface area contributed by atoms with Gasteiger partial charge in [-0.15, -0.1) is 0 Å². The van der Waals surface area contributed by atoms with Gasteiger partial charge in [0.25, 0.3) is 17.1 Å². The fourth-order valence-electron chi connectivity index (χ4n) is 4.26. The van der Waals surface area contributed by atoms with E-state index in [9.17, 15) is 60.0 Å². The number of aromatic carboxylic acids is 3. The molecule has 3 N–H and O–H groups in total. The van der Waals surface area contributed by atoms with Gasteiger partial charge in [0.2, 0.25) is 0 Å². The maximum Gasteiger partial charge on any atom is 0.342 e. The molecule has 15 nitrogen and oxygen atoms in total. The predicted molar refractivity (Wildman–Crippen MR) is 144 cm³/mol. The quantitative estimate of drug-likeness (QED) is 0.166. The van der Waals surface area contributed by atoms with Gasteiger partial charge in [-0.3, -0.25) is 30.3 Å². The fraction of sp³-hybridized carbons (Fsp3) is 0. The number of hydrogen-bond donors (Lipinski definition) is 3. The van der Waals surface area contributed by atoms with Gasteiger partial charge in [-0.2, -0.15) is 0 Å². The van der Waals surface area contributed by atoms with Gasteiger partial charge < -0.3 is 15.3 Å². The zero-order chi connectivity index (χ0) is 30.9. The number of nitro benzene ring substituents is 3. The molecule has 0 spiro atoms. The van der Waals surface area contributed by atoms with Gasteiger partial charge in [-0.1, -0.05) is 18.2 Å². The second-order valence-electron chi connectivity index (χ2n) is 8.68. The van der Waals surface area contributed by atoms with Crippen LogP contribution in [0.25, 0.3) is 33.4 Å². The summed E-state index contributed by atoms with van der Waals surface area (Å²) in [6, 6.07) is 14.2. The number of rotatable bonds is 9. The Balaban J connectivity index is 2.02. The molecule has 0 aliphatic carbocycles. The highest BCUT2D eigenvalue weighted by Crippen LogP contribution is 2.37. The van der Waals surface area contributed by atoms with Crippen LogP contribution in [0.1, 0.15) is 31.1 Å². The first-order valence-electron chi connectivity index (χ1n) is 11.5. The van der Waals surface area contributed by atoms with E-state index in [1.54, 1.807) is 0 Å². The van der Waals surface area contributed by atoms with Crippen LogP contribution in [-0.2, 0) is 0 Å². The van der Waals surface area contributed by atoms with E-state index in [1.165, 1.54) is 36.4 Å². The SMILES string of the molecule is O=C(O)c1ccc(-c2cc(-c3ccc(C(=O)O)c([N+](=O)[O-])c3)cc(-c3ccc(C(=O)O)c([N+](=O)[O-])c3)c2)cc1[N+](=O)[O-]. The lowest BCUT2D eigenvalue weighted by Crippen LogP contribution is -2.03. The molecule has 0 amide bonds. The molecule has 0 aliphatic rings. The largest absolute Gasteiger partial charge is 0.477 e. The third kappa shape index (κ3) is 5.46. The van der Waals surface area contributed by atoms with Gasteiger partial charge in [0, 0.05) is 18.2 Å². The molecule has 0 fully saturated rings. The summed E-state index contributed by atoms with van der Waals surface area (Å²) in [5.41, 5.74) is -2.85. The molecule has 15 heteroatoms. The maximum atomic E-state index is 11.6. The zero-order valence-electron chi connectivity index (χ0n) is 20.8. The second kappa shape index (κ2) is 10.9. The molecule has 4 rings (SSSR count). The minimum atomic E-state index is -1.54. The Morgan fingerprint density at radius 3 is 0.857 bits per heavy atom. The molecule has 210 valence electrons. The molecule has 4 aromatic rings. The lowest BCUT2D eigenvalue weighted by atomic mass is 9.91. The topological polar surface area (TPSA) is 241 Å². The van der Waals surface area contributed by atoms with Gasteiger partial charge in [0.05, 0.1) is 14.8 Å². The van der Waals surface area contributed by atoms with Gasteiger partial charge in [-0.25, -0.2) is 14.4 Å². The first kappa shape index (κ1) is 28.5. The van der Waals surface area contributed by atoms with Crippen molar-refractivity contribution in [1.29, 1.82) is 0 Å². The van der Waals surface area contributed by atoms with Gasteiger partial charge >= 0.3 is 17.9 Å². The van der Waals surface area contributed by atoms with Crippen LogP contribution in [0, 0.1) is 30.3 Å². The lowest BCUT2D eigenvalue weighted by molar-refractivity contribution is -0.385. The normalized spacial score (nSPS) is 10.6. The van der Waals surface area contributed by atoms with E-state index in [-0.39, 0.29) is 33.4 Å². The van der Waals surface area contributed by atoms with Crippen LogP contribution in [0.2, 0.25) is 0 Å². The van der Waals surface area contributed by atoms with Crippen LogP contribution in [0.15, 0.2) is 72.8 Å². The lowest BCUT2D eigenvalue weighted by Gasteiger charge is -2.12. The second-order valence-corrected chi connectivity index (χ2v) is 8.68. The molecule has 0 saturated carbocycles. The van der Waals surface area contributed by atoms with Crippen molar-refractivity contribution in [3.63, 3.8) is 0 Å². The van der Waals surface area contributed by atoms with Crippen LogP contribution < -0.4 is 0 Å². The Hall–Kier alpha value is -6.51. The summed E-state index contributed by atoms with van der Waals surface area (Å²) < 4.78 is 0. The van der Waals surface area contributed by atoms with E-state index in [2.05, 4.69) is 0 Å². The number of carbonyl (C=O) groups is 3. The molecule has 0 radical (unpaired) electrons. The Bertz CT molecular complexity index is 1640. The highest BCUT2D eigenvalue weighted by Gasteiger charge is 2.24. The molecular weight excluding hydrogens is 558 g/mol. The summed E-state index contributed by atoms with van der Waals surface area (Å²) in [7, 11) is 0. The average molecular weight is 573 g/mol. The van der Waals surface area contributed by atoms with Crippen molar-refractivity contribution in [2.75, 3.05) is 0 Å². The monoisotopic (exact) mass is 573 g/mol. The van der Waals surface area contributed by atoms with Gasteiger partial charge in [0.15, 0.2) is 0 Å². The molecule has 0 aromatic heterocycles. The standard InChI is InChI=1S/C27H15N3O12/c31-25(32)19-4-1-13(10-22(19)28(37)38)16-7-17(14-2-5-20(26(33)34)23(11-14)29(39)40)9-18(8-16)15-3-6-21(27(35)36)24(12-15)30(41)42/h1-12H,(H,31,32)(H,33,34)(H,35,36). The van der Waals surface area contributed by atoms with E-state index >= 15 is 0 Å². The van der Waals surface area contributed by atoms with E-state index in [4.69, 9.17) is 0 Å². The number of nitrogens with zero attached hydrogens (tertiary/aromatic N) is 3. The van der Waals surface area contributed by atoms with E-state index in [0.717, 1.165) is 36.4 Å². The first-order chi connectivity index (χ1) is 19.8. The van der Waals surface area contributed by atoms with Gasteiger partial charge in [0.1, 0.15) is 16.7 Å². The Morgan fingerprint density at radius 2 is 0.667 bits per heavy atom. The summed E-state index contributed by atoms with van der Waals surface area (Å²) in [6.45, 7) is 0. The van der Waals surface area contributed by atoms with Crippen molar-refractivity contribution in [3.05, 3.63) is 120 Å². The number of carboxylic acid groups (broad SMARTS) is 3. The third-order valence-corrected chi connectivity index (χ3v) is 6.21.